The number of hydrazone groups is 1. The molecule has 1 aliphatic heterocycles. The number of benzene rings is 2. The average Bonchev–Trinajstić information content (AvgIpc) is 3.29. The fourth-order valence-electron chi connectivity index (χ4n) is 4.03. The number of nitrogens with zero attached hydrogens (tertiary/aromatic N) is 6. The fraction of sp³-hybridized carbons (Fsp3) is 0.360. The smallest absolute Gasteiger partial charge is 0.342 e. The molecule has 0 aliphatic carbocycles. The van der Waals surface area contributed by atoms with Crippen molar-refractivity contribution in [2.75, 3.05) is 33.2 Å². The predicted molar refractivity (Wildman–Crippen MR) is 141 cm³/mol. The summed E-state index contributed by atoms with van der Waals surface area (Å²) in [5, 5.41) is 14.9. The van der Waals surface area contributed by atoms with Crippen LogP contribution in [0.5, 0.6) is 0 Å². The molecule has 0 fully saturated rings. The quantitative estimate of drug-likeness (QED) is 0.292. The van der Waals surface area contributed by atoms with Crippen LogP contribution in [0, 0.1) is 23.1 Å². The van der Waals surface area contributed by atoms with E-state index in [1.54, 1.807) is 23.0 Å². The maximum absolute atomic E-state index is 14.8. The van der Waals surface area contributed by atoms with E-state index in [2.05, 4.69) is 10.1 Å². The third kappa shape index (κ3) is 6.18. The third-order valence-corrected chi connectivity index (χ3v) is 7.42. The normalized spacial score (nSPS) is 17.4. The van der Waals surface area contributed by atoms with Crippen molar-refractivity contribution in [2.45, 2.75) is 24.6 Å². The highest BCUT2D eigenvalue weighted by atomic mass is 32.2. The largest absolute Gasteiger partial charge is 0.369 e. The number of thioether (sulfide) groups is 1. The first-order chi connectivity index (χ1) is 17.8. The van der Waals surface area contributed by atoms with Gasteiger partial charge in [0.2, 0.25) is 12.2 Å². The molecule has 2 aromatic rings. The number of guanidine groups is 1. The van der Waals surface area contributed by atoms with E-state index in [0.717, 1.165) is 23.8 Å². The van der Waals surface area contributed by atoms with Gasteiger partial charge in [0.25, 0.3) is 0 Å². The Balaban J connectivity index is 2.08. The molecule has 1 heterocycles. The molecule has 37 heavy (non-hydrogen) atoms. The number of rotatable bonds is 9. The molecule has 1 atom stereocenters. The maximum Gasteiger partial charge on any atom is 0.342 e. The van der Waals surface area contributed by atoms with Crippen molar-refractivity contribution in [2.24, 2.45) is 21.6 Å². The van der Waals surface area contributed by atoms with E-state index in [4.69, 9.17) is 16.7 Å². The first-order valence-corrected chi connectivity index (χ1v) is 12.6. The standard InChI is InChI=1S/C25H30F2N8OS/c1-3-34(15-13-28)24(36)35-25(18-8-5-4-6-9-18,12-7-14-33(2)23(30)31-17-29)37-22(32-35)20-16-19(26)10-11-21(20)27/h4-6,8-11,16H,3,7,12-15,28H2,1-2H3,(H2,30,31). The second kappa shape index (κ2) is 12.5. The molecule has 1 aliphatic rings. The van der Waals surface area contributed by atoms with E-state index >= 15 is 0 Å². The molecule has 196 valence electrons. The highest BCUT2D eigenvalue weighted by Gasteiger charge is 2.49. The van der Waals surface area contributed by atoms with Crippen LogP contribution in [0.2, 0.25) is 0 Å². The topological polar surface area (TPSA) is 127 Å². The van der Waals surface area contributed by atoms with E-state index < -0.39 is 22.5 Å². The molecule has 0 spiro atoms. The van der Waals surface area contributed by atoms with Gasteiger partial charge in [0.05, 0.1) is 0 Å². The van der Waals surface area contributed by atoms with Gasteiger partial charge in [-0.05, 0) is 43.5 Å². The molecule has 2 aromatic carbocycles. The Morgan fingerprint density at radius 3 is 2.62 bits per heavy atom. The maximum atomic E-state index is 14.8. The van der Waals surface area contributed by atoms with Crippen LogP contribution in [0.1, 0.15) is 30.9 Å². The molecule has 9 nitrogen and oxygen atoms in total. The summed E-state index contributed by atoms with van der Waals surface area (Å²) in [6, 6.07) is 12.1. The Hall–Kier alpha value is -3.69. The number of nitrogens with two attached hydrogens (primary N) is 2. The van der Waals surface area contributed by atoms with Crippen molar-refractivity contribution in [1.29, 1.82) is 5.26 Å². The van der Waals surface area contributed by atoms with Crippen LogP contribution < -0.4 is 11.5 Å². The van der Waals surface area contributed by atoms with E-state index in [1.807, 2.05) is 37.3 Å². The molecule has 0 aromatic heterocycles. The van der Waals surface area contributed by atoms with Crippen LogP contribution in [-0.4, -0.2) is 65.1 Å². The Labute approximate surface area is 219 Å². The molecule has 3 rings (SSSR count). The third-order valence-electron chi connectivity index (χ3n) is 5.98. The number of hydrogen-bond donors (Lipinski definition) is 2. The molecule has 1 unspecified atom stereocenters. The summed E-state index contributed by atoms with van der Waals surface area (Å²) < 4.78 is 28.9. The minimum atomic E-state index is -1.06. The van der Waals surface area contributed by atoms with E-state index in [1.165, 1.54) is 16.8 Å². The van der Waals surface area contributed by atoms with Gasteiger partial charge < -0.3 is 21.3 Å². The van der Waals surface area contributed by atoms with Gasteiger partial charge in [0.1, 0.15) is 21.5 Å². The number of urea groups is 1. The minimum Gasteiger partial charge on any atom is -0.369 e. The first kappa shape index (κ1) is 27.9. The summed E-state index contributed by atoms with van der Waals surface area (Å²) in [5.41, 5.74) is 12.3. The van der Waals surface area contributed by atoms with Crippen LogP contribution in [0.4, 0.5) is 13.6 Å². The van der Waals surface area contributed by atoms with Crippen molar-refractivity contribution >= 4 is 28.8 Å². The van der Waals surface area contributed by atoms with E-state index in [0.29, 0.717) is 32.5 Å². The lowest BCUT2D eigenvalue weighted by atomic mass is 10.00. The SMILES string of the molecule is CCN(CCN)C(=O)N1N=C(c2cc(F)ccc2F)SC1(CCCN(C)/C(N)=N/C#N)c1ccccc1. The van der Waals surface area contributed by atoms with E-state index in [-0.39, 0.29) is 23.1 Å². The predicted octanol–water partition coefficient (Wildman–Crippen LogP) is 3.44. The van der Waals surface area contributed by atoms with E-state index in [9.17, 15) is 13.6 Å². The lowest BCUT2D eigenvalue weighted by Crippen LogP contribution is -2.49. The molecule has 0 bridgehead atoms. The van der Waals surface area contributed by atoms with Crippen molar-refractivity contribution in [3.05, 3.63) is 71.3 Å². The summed E-state index contributed by atoms with van der Waals surface area (Å²) in [4.78, 5) is 19.5. The molecule has 0 radical (unpaired) electrons. The number of carbonyl (C=O) groups is 1. The molecule has 12 heteroatoms. The van der Waals surface area contributed by atoms with Gasteiger partial charge in [-0.15, -0.1) is 4.99 Å². The molecule has 2 amide bonds. The van der Waals surface area contributed by atoms with Crippen LogP contribution in [0.15, 0.2) is 58.6 Å². The Kier molecular flexibility index (Phi) is 9.43. The number of amides is 2. The van der Waals surface area contributed by atoms with Crippen molar-refractivity contribution in [1.82, 2.24) is 14.8 Å². The van der Waals surface area contributed by atoms with Crippen LogP contribution >= 0.6 is 11.8 Å². The van der Waals surface area contributed by atoms with Gasteiger partial charge >= 0.3 is 6.03 Å². The van der Waals surface area contributed by atoms with Crippen LogP contribution in [0.25, 0.3) is 0 Å². The molecular weight excluding hydrogens is 498 g/mol. The summed E-state index contributed by atoms with van der Waals surface area (Å²) in [5.74, 6) is -1.18. The Morgan fingerprint density at radius 1 is 1.24 bits per heavy atom. The average molecular weight is 529 g/mol. The number of halogens is 2. The van der Waals surface area contributed by atoms with Gasteiger partial charge in [-0.2, -0.15) is 15.4 Å². The van der Waals surface area contributed by atoms with Gasteiger partial charge in [-0.1, -0.05) is 42.1 Å². The summed E-state index contributed by atoms with van der Waals surface area (Å²) in [6.45, 7) is 3.23. The first-order valence-electron chi connectivity index (χ1n) is 11.8. The molecule has 0 saturated heterocycles. The summed E-state index contributed by atoms with van der Waals surface area (Å²) in [7, 11) is 1.71. The van der Waals surface area contributed by atoms with Gasteiger partial charge in [-0.3, -0.25) is 0 Å². The zero-order valence-corrected chi connectivity index (χ0v) is 21.6. The monoisotopic (exact) mass is 528 g/mol. The lowest BCUT2D eigenvalue weighted by molar-refractivity contribution is 0.125. The fourth-order valence-corrected chi connectivity index (χ4v) is 5.44. The second-order valence-corrected chi connectivity index (χ2v) is 9.61. The summed E-state index contributed by atoms with van der Waals surface area (Å²) >= 11 is 1.20. The summed E-state index contributed by atoms with van der Waals surface area (Å²) in [6.07, 6.45) is 2.57. The van der Waals surface area contributed by atoms with Crippen molar-refractivity contribution in [3.8, 4) is 6.19 Å². The minimum absolute atomic E-state index is 0.0232. The molecule has 4 N–H and O–H groups in total. The van der Waals surface area contributed by atoms with Crippen LogP contribution in [-0.2, 0) is 4.87 Å². The zero-order chi connectivity index (χ0) is 27.0. The highest BCUT2D eigenvalue weighted by molar-refractivity contribution is 8.15. The Bertz CT molecular complexity index is 1200. The van der Waals surface area contributed by atoms with Crippen LogP contribution in [0.3, 0.4) is 0 Å². The van der Waals surface area contributed by atoms with Crippen molar-refractivity contribution in [3.63, 3.8) is 0 Å². The number of carbonyl (C=O) groups excluding carboxylic acids is 1. The number of aliphatic imine (C=N–C) groups is 1. The molecular formula is C25H30F2N8OS. The Morgan fingerprint density at radius 2 is 1.97 bits per heavy atom. The second-order valence-electron chi connectivity index (χ2n) is 8.34. The van der Waals surface area contributed by atoms with Crippen molar-refractivity contribution < 1.29 is 13.6 Å². The lowest BCUT2D eigenvalue weighted by Gasteiger charge is -2.38. The number of nitriles is 1. The van der Waals surface area contributed by atoms with Gasteiger partial charge in [-0.25, -0.2) is 13.6 Å². The highest BCUT2D eigenvalue weighted by Crippen LogP contribution is 2.51. The molecule has 0 saturated carbocycles. The zero-order valence-electron chi connectivity index (χ0n) is 20.8. The van der Waals surface area contributed by atoms with Gasteiger partial charge in [0, 0.05) is 38.8 Å². The number of hydrogen-bond acceptors (Lipinski definition) is 6. The number of likely N-dealkylation sites (N-methyl/N-ethyl adjacent to an activating group) is 1. The van der Waals surface area contributed by atoms with Gasteiger partial charge in [0.15, 0.2) is 0 Å².